The molecule has 0 spiro atoms. The normalized spacial score (nSPS) is 20.5. The zero-order valence-corrected chi connectivity index (χ0v) is 13.0. The monoisotopic (exact) mass is 300 g/mol. The highest BCUT2D eigenvalue weighted by atomic mass is 16.2. The zero-order valence-electron chi connectivity index (χ0n) is 13.0. The van der Waals surface area contributed by atoms with Crippen LogP contribution in [0.2, 0.25) is 0 Å². The first-order valence-electron chi connectivity index (χ1n) is 7.31. The molecule has 5 nitrogen and oxygen atoms in total. The fourth-order valence-corrected chi connectivity index (χ4v) is 2.49. The largest absolute Gasteiger partial charge is 0.320 e. The molecule has 0 bridgehead atoms. The number of hydrogen-bond donors (Lipinski definition) is 1. The van der Waals surface area contributed by atoms with Crippen LogP contribution in [0.25, 0.3) is 0 Å². The number of hydrogen-bond acceptors (Lipinski definition) is 3. The highest BCUT2D eigenvalue weighted by Gasteiger charge is 2.39. The first-order chi connectivity index (χ1) is 10.4. The molecule has 0 radical (unpaired) electrons. The number of imide groups is 1. The fraction of sp³-hybridized carbons (Fsp3) is 0.353. The van der Waals surface area contributed by atoms with Gasteiger partial charge in [0.15, 0.2) is 0 Å². The standard InChI is InChI=1S/C17H20N2O3/c1-11(2)9-14-17(22)19(12(3)20)15(16(21)18-14)10-13-7-5-4-6-8-13/h4-9,11,15H,10H2,1-3H3,(H,18,21)/b14-9-. The van der Waals surface area contributed by atoms with Crippen LogP contribution < -0.4 is 5.32 Å². The Bertz CT molecular complexity index is 620. The molecular weight excluding hydrogens is 280 g/mol. The number of rotatable bonds is 3. The Balaban J connectivity index is 2.32. The highest BCUT2D eigenvalue weighted by molar-refractivity contribution is 6.12. The van der Waals surface area contributed by atoms with Crippen LogP contribution in [0.3, 0.4) is 0 Å². The van der Waals surface area contributed by atoms with Crippen molar-refractivity contribution in [2.24, 2.45) is 5.92 Å². The van der Waals surface area contributed by atoms with Crippen molar-refractivity contribution < 1.29 is 14.4 Å². The minimum atomic E-state index is -0.809. The molecule has 1 atom stereocenters. The number of piperazine rings is 1. The molecule has 3 amide bonds. The van der Waals surface area contributed by atoms with Crippen LogP contribution in [-0.2, 0) is 20.8 Å². The van der Waals surface area contributed by atoms with Gasteiger partial charge in [-0.1, -0.05) is 50.3 Å². The quantitative estimate of drug-likeness (QED) is 0.863. The fourth-order valence-electron chi connectivity index (χ4n) is 2.49. The lowest BCUT2D eigenvalue weighted by molar-refractivity contribution is -0.152. The van der Waals surface area contributed by atoms with Gasteiger partial charge in [0.1, 0.15) is 11.7 Å². The van der Waals surface area contributed by atoms with Crippen LogP contribution >= 0.6 is 0 Å². The maximum atomic E-state index is 12.5. The minimum absolute atomic E-state index is 0.0960. The van der Waals surface area contributed by atoms with Crippen molar-refractivity contribution in [2.45, 2.75) is 33.2 Å². The molecule has 1 N–H and O–H groups in total. The predicted molar refractivity (Wildman–Crippen MR) is 82.5 cm³/mol. The number of allylic oxidation sites excluding steroid dienone is 1. The molecule has 1 unspecified atom stereocenters. The summed E-state index contributed by atoms with van der Waals surface area (Å²) in [6, 6.07) is 8.53. The van der Waals surface area contributed by atoms with E-state index >= 15 is 0 Å². The Kier molecular flexibility index (Phi) is 4.75. The van der Waals surface area contributed by atoms with Crippen molar-refractivity contribution in [2.75, 3.05) is 0 Å². The third kappa shape index (κ3) is 3.42. The molecule has 116 valence electrons. The molecule has 2 rings (SSSR count). The number of carbonyl (C=O) groups excluding carboxylic acids is 3. The molecule has 0 saturated carbocycles. The Labute approximate surface area is 130 Å². The maximum absolute atomic E-state index is 12.5. The van der Waals surface area contributed by atoms with E-state index in [2.05, 4.69) is 5.32 Å². The summed E-state index contributed by atoms with van der Waals surface area (Å²) in [6.45, 7) is 5.11. The van der Waals surface area contributed by atoms with Crippen LogP contribution in [0.15, 0.2) is 42.1 Å². The third-order valence-corrected chi connectivity index (χ3v) is 3.43. The van der Waals surface area contributed by atoms with Gasteiger partial charge in [-0.2, -0.15) is 0 Å². The van der Waals surface area contributed by atoms with Crippen molar-refractivity contribution >= 4 is 17.7 Å². The first kappa shape index (κ1) is 15.9. The number of nitrogens with one attached hydrogen (secondary N) is 1. The summed E-state index contributed by atoms with van der Waals surface area (Å²) in [5.74, 6) is -1.10. The summed E-state index contributed by atoms with van der Waals surface area (Å²) < 4.78 is 0. The maximum Gasteiger partial charge on any atom is 0.277 e. The van der Waals surface area contributed by atoms with Gasteiger partial charge >= 0.3 is 0 Å². The van der Waals surface area contributed by atoms with E-state index in [9.17, 15) is 14.4 Å². The van der Waals surface area contributed by atoms with Gasteiger partial charge in [0.25, 0.3) is 5.91 Å². The Morgan fingerprint density at radius 1 is 1.27 bits per heavy atom. The summed E-state index contributed by atoms with van der Waals surface area (Å²) in [7, 11) is 0. The van der Waals surface area contributed by atoms with Crippen molar-refractivity contribution in [3.63, 3.8) is 0 Å². The number of carbonyl (C=O) groups is 3. The summed E-state index contributed by atoms with van der Waals surface area (Å²) in [5, 5.41) is 2.63. The molecule has 0 aromatic heterocycles. The van der Waals surface area contributed by atoms with E-state index in [4.69, 9.17) is 0 Å². The first-order valence-corrected chi connectivity index (χ1v) is 7.31. The molecule has 22 heavy (non-hydrogen) atoms. The molecule has 1 aromatic carbocycles. The Morgan fingerprint density at radius 2 is 1.91 bits per heavy atom. The van der Waals surface area contributed by atoms with Crippen LogP contribution in [0.4, 0.5) is 0 Å². The molecule has 1 fully saturated rings. The minimum Gasteiger partial charge on any atom is -0.320 e. The van der Waals surface area contributed by atoms with Crippen LogP contribution in [0, 0.1) is 5.92 Å². The zero-order chi connectivity index (χ0) is 16.3. The van der Waals surface area contributed by atoms with E-state index < -0.39 is 17.9 Å². The van der Waals surface area contributed by atoms with Crippen molar-refractivity contribution in [3.05, 3.63) is 47.7 Å². The molecule has 1 aliphatic heterocycles. The summed E-state index contributed by atoms with van der Waals surface area (Å²) in [5.41, 5.74) is 1.08. The van der Waals surface area contributed by atoms with Gasteiger partial charge in [0, 0.05) is 13.3 Å². The lowest BCUT2D eigenvalue weighted by Gasteiger charge is -2.34. The number of benzene rings is 1. The summed E-state index contributed by atoms with van der Waals surface area (Å²) >= 11 is 0. The third-order valence-electron chi connectivity index (χ3n) is 3.43. The van der Waals surface area contributed by atoms with Crippen LogP contribution in [-0.4, -0.2) is 28.7 Å². The average molecular weight is 300 g/mol. The predicted octanol–water partition coefficient (Wildman–Crippen LogP) is 1.64. The van der Waals surface area contributed by atoms with Gasteiger partial charge in [0.05, 0.1) is 0 Å². The lowest BCUT2D eigenvalue weighted by atomic mass is 10.00. The molecule has 5 heteroatoms. The van der Waals surface area contributed by atoms with Crippen molar-refractivity contribution in [1.82, 2.24) is 10.2 Å². The van der Waals surface area contributed by atoms with Crippen molar-refractivity contribution in [1.29, 1.82) is 0 Å². The van der Waals surface area contributed by atoms with Crippen LogP contribution in [0.5, 0.6) is 0 Å². The van der Waals surface area contributed by atoms with Gasteiger partial charge in [-0.15, -0.1) is 0 Å². The second kappa shape index (κ2) is 6.56. The summed E-state index contributed by atoms with van der Waals surface area (Å²) in [6.07, 6.45) is 1.97. The second-order valence-electron chi connectivity index (χ2n) is 5.71. The number of amides is 3. The van der Waals surface area contributed by atoms with Gasteiger partial charge in [-0.25, -0.2) is 0 Å². The van der Waals surface area contributed by atoms with E-state index in [-0.39, 0.29) is 17.5 Å². The topological polar surface area (TPSA) is 66.5 Å². The molecule has 1 saturated heterocycles. The molecule has 1 aliphatic rings. The summed E-state index contributed by atoms with van der Waals surface area (Å²) in [4.78, 5) is 37.8. The average Bonchev–Trinajstić information content (AvgIpc) is 2.44. The second-order valence-corrected chi connectivity index (χ2v) is 5.71. The van der Waals surface area contributed by atoms with Gasteiger partial charge in [-0.05, 0) is 11.5 Å². The molecule has 0 aliphatic carbocycles. The Hall–Kier alpha value is -2.43. The van der Waals surface area contributed by atoms with Gasteiger partial charge in [-0.3, -0.25) is 19.3 Å². The molecular formula is C17H20N2O3. The van der Waals surface area contributed by atoms with Crippen molar-refractivity contribution in [3.8, 4) is 0 Å². The van der Waals surface area contributed by atoms with E-state index in [1.165, 1.54) is 6.92 Å². The lowest BCUT2D eigenvalue weighted by Crippen LogP contribution is -2.59. The van der Waals surface area contributed by atoms with Gasteiger partial charge < -0.3 is 5.32 Å². The van der Waals surface area contributed by atoms with E-state index in [0.717, 1.165) is 10.5 Å². The van der Waals surface area contributed by atoms with E-state index in [0.29, 0.717) is 6.42 Å². The number of nitrogens with zero attached hydrogens (tertiary/aromatic N) is 1. The van der Waals surface area contributed by atoms with E-state index in [1.54, 1.807) is 6.08 Å². The highest BCUT2D eigenvalue weighted by Crippen LogP contribution is 2.18. The SMILES string of the molecule is CC(=O)N1C(=O)/C(=C/C(C)C)NC(=O)C1Cc1ccccc1. The van der Waals surface area contributed by atoms with Crippen LogP contribution in [0.1, 0.15) is 26.3 Å². The van der Waals surface area contributed by atoms with E-state index in [1.807, 2.05) is 44.2 Å². The molecule has 1 aromatic rings. The molecule has 1 heterocycles. The Morgan fingerprint density at radius 3 is 2.45 bits per heavy atom. The smallest absolute Gasteiger partial charge is 0.277 e. The van der Waals surface area contributed by atoms with Gasteiger partial charge in [0.2, 0.25) is 11.8 Å².